The summed E-state index contributed by atoms with van der Waals surface area (Å²) in [7, 11) is 0. The monoisotopic (exact) mass is 375 g/mol. The van der Waals surface area contributed by atoms with Crippen LogP contribution in [-0.2, 0) is 4.79 Å². The van der Waals surface area contributed by atoms with Gasteiger partial charge in [-0.2, -0.15) is 0 Å². The van der Waals surface area contributed by atoms with Gasteiger partial charge in [0.25, 0.3) is 5.69 Å². The molecular weight excluding hydrogens is 362 g/mol. The number of aromatic amines is 1. The van der Waals surface area contributed by atoms with Gasteiger partial charge < -0.3 is 5.32 Å². The number of nitro groups is 1. The van der Waals surface area contributed by atoms with Crippen LogP contribution in [0, 0.1) is 10.1 Å². The maximum Gasteiger partial charge on any atom is 0.269 e. The minimum absolute atomic E-state index is 0.0257. The average molecular weight is 375 g/mol. The molecule has 0 aliphatic rings. The number of rotatable bonds is 6. The normalized spacial score (nSPS) is 11.9. The zero-order valence-electron chi connectivity index (χ0n) is 13.0. The second kappa shape index (κ2) is 7.45. The number of benzene rings is 1. The molecule has 8 nitrogen and oxygen atoms in total. The molecule has 0 radical (unpaired) electrons. The molecule has 25 heavy (non-hydrogen) atoms. The van der Waals surface area contributed by atoms with Crippen molar-refractivity contribution in [1.82, 2.24) is 15.2 Å². The van der Waals surface area contributed by atoms with Gasteiger partial charge in [0.15, 0.2) is 5.82 Å². The zero-order valence-corrected chi connectivity index (χ0v) is 14.6. The molecule has 0 aliphatic carbocycles. The summed E-state index contributed by atoms with van der Waals surface area (Å²) >= 11 is 2.78. The van der Waals surface area contributed by atoms with Crippen molar-refractivity contribution in [2.75, 3.05) is 5.32 Å². The van der Waals surface area contributed by atoms with Gasteiger partial charge in [0.05, 0.1) is 15.1 Å². The molecule has 1 atom stereocenters. The summed E-state index contributed by atoms with van der Waals surface area (Å²) in [5, 5.41) is 22.3. The van der Waals surface area contributed by atoms with E-state index in [4.69, 9.17) is 0 Å². The molecule has 0 fully saturated rings. The van der Waals surface area contributed by atoms with E-state index >= 15 is 0 Å². The fourth-order valence-corrected chi connectivity index (χ4v) is 3.33. The molecule has 1 unspecified atom stereocenters. The van der Waals surface area contributed by atoms with Gasteiger partial charge in [-0.15, -0.1) is 16.4 Å². The van der Waals surface area contributed by atoms with Crippen molar-refractivity contribution >= 4 is 40.4 Å². The third kappa shape index (κ3) is 4.22. The molecule has 10 heteroatoms. The summed E-state index contributed by atoms with van der Waals surface area (Å²) in [6.07, 6.45) is 0. The standard InChI is InChI=1S/C15H13N5O3S2/c1-9(14(21)16-10-4-6-11(7-5-10)20(22)23)25-15-17-13(18-19-15)12-3-2-8-24-12/h2-9H,1H3,(H,16,21)(H,17,18,19). The minimum Gasteiger partial charge on any atom is -0.325 e. The number of carbonyl (C=O) groups excluding carboxylic acids is 1. The van der Waals surface area contributed by atoms with Crippen LogP contribution in [0.1, 0.15) is 6.92 Å². The number of thiophene rings is 1. The van der Waals surface area contributed by atoms with Gasteiger partial charge in [-0.05, 0) is 30.5 Å². The molecule has 2 N–H and O–H groups in total. The van der Waals surface area contributed by atoms with E-state index in [-0.39, 0.29) is 11.6 Å². The summed E-state index contributed by atoms with van der Waals surface area (Å²) in [5.74, 6) is 0.432. The van der Waals surface area contributed by atoms with E-state index < -0.39 is 10.2 Å². The van der Waals surface area contributed by atoms with Crippen molar-refractivity contribution in [3.8, 4) is 10.7 Å². The van der Waals surface area contributed by atoms with Crippen LogP contribution >= 0.6 is 23.1 Å². The maximum absolute atomic E-state index is 12.2. The predicted octanol–water partition coefficient (Wildman–Crippen LogP) is 3.56. The molecule has 3 rings (SSSR count). The summed E-state index contributed by atoms with van der Waals surface area (Å²) in [5.41, 5.74) is 0.472. The SMILES string of the molecule is CC(Sc1n[nH]c(-c2cccs2)n1)C(=O)Nc1ccc([N+](=O)[O-])cc1. The van der Waals surface area contributed by atoms with E-state index in [1.54, 1.807) is 18.3 Å². The number of hydrogen-bond acceptors (Lipinski definition) is 7. The Bertz CT molecular complexity index is 877. The smallest absolute Gasteiger partial charge is 0.269 e. The Morgan fingerprint density at radius 2 is 2.12 bits per heavy atom. The molecule has 1 aromatic carbocycles. The van der Waals surface area contributed by atoms with Crippen LogP contribution in [0.5, 0.6) is 0 Å². The maximum atomic E-state index is 12.2. The molecule has 0 saturated heterocycles. The van der Waals surface area contributed by atoms with Crippen molar-refractivity contribution in [1.29, 1.82) is 0 Å². The lowest BCUT2D eigenvalue weighted by Gasteiger charge is -2.09. The molecule has 0 aliphatic heterocycles. The summed E-state index contributed by atoms with van der Waals surface area (Å²) in [6, 6.07) is 9.54. The Labute approximate surface area is 150 Å². The van der Waals surface area contributed by atoms with Crippen molar-refractivity contribution in [2.24, 2.45) is 0 Å². The Kier molecular flexibility index (Phi) is 5.10. The van der Waals surface area contributed by atoms with Crippen LogP contribution in [0.25, 0.3) is 10.7 Å². The second-order valence-corrected chi connectivity index (χ2v) is 7.25. The van der Waals surface area contributed by atoms with Gasteiger partial charge in [0.1, 0.15) is 0 Å². The fraction of sp³-hybridized carbons (Fsp3) is 0.133. The lowest BCUT2D eigenvalue weighted by molar-refractivity contribution is -0.384. The van der Waals surface area contributed by atoms with Gasteiger partial charge in [0, 0.05) is 17.8 Å². The third-order valence-electron chi connectivity index (χ3n) is 3.22. The largest absolute Gasteiger partial charge is 0.325 e. The Hall–Kier alpha value is -2.72. The number of H-pyrrole nitrogens is 1. The first kappa shape index (κ1) is 17.1. The van der Waals surface area contributed by atoms with E-state index in [0.717, 1.165) is 4.88 Å². The number of amides is 1. The van der Waals surface area contributed by atoms with Gasteiger partial charge >= 0.3 is 0 Å². The van der Waals surface area contributed by atoms with Crippen molar-refractivity contribution in [2.45, 2.75) is 17.3 Å². The van der Waals surface area contributed by atoms with Crippen LogP contribution in [0.4, 0.5) is 11.4 Å². The number of nitro benzene ring substituents is 1. The number of carbonyl (C=O) groups is 1. The molecule has 0 saturated carbocycles. The highest BCUT2D eigenvalue weighted by atomic mass is 32.2. The number of nitrogens with zero attached hydrogens (tertiary/aromatic N) is 3. The minimum atomic E-state index is -0.488. The van der Waals surface area contributed by atoms with E-state index in [1.807, 2.05) is 17.5 Å². The third-order valence-corrected chi connectivity index (χ3v) is 5.05. The molecule has 0 bridgehead atoms. The van der Waals surface area contributed by atoms with Crippen LogP contribution in [0.2, 0.25) is 0 Å². The second-order valence-electron chi connectivity index (χ2n) is 5.00. The van der Waals surface area contributed by atoms with Crippen LogP contribution in [-0.4, -0.2) is 31.3 Å². The van der Waals surface area contributed by atoms with E-state index in [0.29, 0.717) is 16.7 Å². The van der Waals surface area contributed by atoms with Crippen molar-refractivity contribution < 1.29 is 9.72 Å². The lowest BCUT2D eigenvalue weighted by Crippen LogP contribution is -2.22. The van der Waals surface area contributed by atoms with Gasteiger partial charge in [-0.1, -0.05) is 17.8 Å². The first-order chi connectivity index (χ1) is 12.0. The Morgan fingerprint density at radius 1 is 1.36 bits per heavy atom. The van der Waals surface area contributed by atoms with Gasteiger partial charge in [-0.25, -0.2) is 4.98 Å². The fourth-order valence-electron chi connectivity index (χ4n) is 1.94. The molecule has 2 heterocycles. The van der Waals surface area contributed by atoms with Gasteiger partial charge in [0.2, 0.25) is 11.1 Å². The number of non-ortho nitro benzene ring substituents is 1. The summed E-state index contributed by atoms with van der Waals surface area (Å²) in [6.45, 7) is 1.74. The predicted molar refractivity (Wildman–Crippen MR) is 96.7 cm³/mol. The lowest BCUT2D eigenvalue weighted by atomic mass is 10.3. The van der Waals surface area contributed by atoms with Crippen LogP contribution in [0.15, 0.2) is 46.9 Å². The number of thioether (sulfide) groups is 1. The Balaban J connectivity index is 1.60. The first-order valence-electron chi connectivity index (χ1n) is 7.21. The molecule has 128 valence electrons. The highest BCUT2D eigenvalue weighted by Crippen LogP contribution is 2.26. The van der Waals surface area contributed by atoms with Gasteiger partial charge in [-0.3, -0.25) is 20.0 Å². The molecule has 3 aromatic rings. The van der Waals surface area contributed by atoms with Crippen molar-refractivity contribution in [3.63, 3.8) is 0 Å². The highest BCUT2D eigenvalue weighted by Gasteiger charge is 2.18. The molecule has 2 aromatic heterocycles. The molecule has 1 amide bonds. The number of aromatic nitrogens is 3. The van der Waals surface area contributed by atoms with E-state index in [1.165, 1.54) is 36.0 Å². The Morgan fingerprint density at radius 3 is 2.76 bits per heavy atom. The average Bonchev–Trinajstić information content (AvgIpc) is 3.26. The van der Waals surface area contributed by atoms with Crippen LogP contribution in [0.3, 0.4) is 0 Å². The van der Waals surface area contributed by atoms with E-state index in [2.05, 4.69) is 20.5 Å². The first-order valence-corrected chi connectivity index (χ1v) is 8.97. The van der Waals surface area contributed by atoms with Crippen LogP contribution < -0.4 is 5.32 Å². The van der Waals surface area contributed by atoms with E-state index in [9.17, 15) is 14.9 Å². The zero-order chi connectivity index (χ0) is 17.8. The van der Waals surface area contributed by atoms with Crippen molar-refractivity contribution in [3.05, 3.63) is 51.9 Å². The quantitative estimate of drug-likeness (QED) is 0.387. The topological polar surface area (TPSA) is 114 Å². The number of nitrogens with one attached hydrogen (secondary N) is 2. The number of hydrogen-bond donors (Lipinski definition) is 2. The summed E-state index contributed by atoms with van der Waals surface area (Å²) < 4.78 is 0. The molecule has 0 spiro atoms. The summed E-state index contributed by atoms with van der Waals surface area (Å²) in [4.78, 5) is 27.7. The number of anilines is 1. The highest BCUT2D eigenvalue weighted by molar-refractivity contribution is 8.00. The molecular formula is C15H13N5O3S2.